The zero-order valence-electron chi connectivity index (χ0n) is 76.6. The molecular formula is C100H116F3IN22O6U. The van der Waals surface area contributed by atoms with Crippen LogP contribution in [0.4, 0.5) is 57.4 Å². The number of aromatic nitrogens is 13. The van der Waals surface area contributed by atoms with E-state index in [0.717, 1.165) is 248 Å². The molecule has 3 aromatic carbocycles. The number of aliphatic imine (C=N–C) groups is 1. The van der Waals surface area contributed by atoms with Gasteiger partial charge < -0.3 is 59.8 Å². The summed E-state index contributed by atoms with van der Waals surface area (Å²) in [7, 11) is 0. The van der Waals surface area contributed by atoms with E-state index >= 15 is 4.39 Å². The second kappa shape index (κ2) is 38.3. The van der Waals surface area contributed by atoms with Crippen LogP contribution in [0.3, 0.4) is 0 Å². The molecule has 8 aliphatic heterocycles. The van der Waals surface area contributed by atoms with Gasteiger partial charge >= 0.3 is 12.2 Å². The molecule has 2 amide bonds. The molecule has 16 heterocycles. The average molecular weight is 2140 g/mol. The number of nitrogens with one attached hydrogen (secondary N) is 2. The molecule has 12 aliphatic rings. The van der Waals surface area contributed by atoms with Crippen molar-refractivity contribution >= 4 is 97.6 Å². The first-order valence-electron chi connectivity index (χ1n) is 47.4. The zero-order valence-corrected chi connectivity index (χ0v) is 82.9. The maximum absolute atomic E-state index is 15.1. The van der Waals surface area contributed by atoms with Crippen LogP contribution in [-0.4, -0.2) is 159 Å². The first-order valence-corrected chi connectivity index (χ1v) is 48.5. The van der Waals surface area contributed by atoms with Crippen molar-refractivity contribution in [2.45, 2.75) is 238 Å². The molecule has 8 aromatic heterocycles. The Morgan fingerprint density at radius 1 is 0.481 bits per heavy atom. The third kappa shape index (κ3) is 18.6. The first-order chi connectivity index (χ1) is 63.9. The predicted octanol–water partition coefficient (Wildman–Crippen LogP) is 17.8. The summed E-state index contributed by atoms with van der Waals surface area (Å²) in [5.74, 6) is 3.60. The van der Waals surface area contributed by atoms with E-state index in [4.69, 9.17) is 69.8 Å². The quantitative estimate of drug-likeness (QED) is 0.119. The van der Waals surface area contributed by atoms with Crippen molar-refractivity contribution in [2.75, 3.05) is 90.1 Å². The molecule has 23 rings (SSSR count). The Hall–Kier alpha value is -10.0. The maximum Gasteiger partial charge on any atom is 0.408 e. The minimum Gasteiger partial charge on any atom is -0.444 e. The Morgan fingerprint density at radius 2 is 0.932 bits per heavy atom. The fraction of sp³-hybridized carbons (Fsp3) is 0.500. The smallest absolute Gasteiger partial charge is 0.408 e. The van der Waals surface area contributed by atoms with E-state index in [2.05, 4.69) is 90.9 Å². The van der Waals surface area contributed by atoms with Gasteiger partial charge in [-0.25, -0.2) is 62.0 Å². The average Bonchev–Trinajstić information content (AvgIpc) is 1.59. The van der Waals surface area contributed by atoms with Crippen molar-refractivity contribution in [3.8, 4) is 0 Å². The van der Waals surface area contributed by atoms with Crippen LogP contribution in [0.5, 0.6) is 0 Å². The van der Waals surface area contributed by atoms with Crippen LogP contribution in [0.25, 0.3) is 22.3 Å². The van der Waals surface area contributed by atoms with Crippen molar-refractivity contribution in [3.63, 3.8) is 0 Å². The van der Waals surface area contributed by atoms with E-state index in [-0.39, 0.29) is 95.4 Å². The van der Waals surface area contributed by atoms with Gasteiger partial charge in [0.05, 0.1) is 65.7 Å². The number of carbonyl (C=O) groups is 2. The molecule has 5 fully saturated rings. The standard InChI is InChI=1S/C36H43FN8O3.C28H34FIN6O3.C27H28FN7.C9H11N.U/c1-35(2,3)48-34(46)41-31-23-9-6-10-25(37)24(23)21-36(31)14-18-43(19-15-36)28-22-39-30-32(40-28)45(29-13-4-5-20-47-29)42-33(30)44-17-8-11-26-27(44)12-7-16-38-26;1-27(2,3)39-26(37)33-23-17-7-6-8-19(29)18(17)15-28(23)10-12-35(13-11-28)20-16-31-22-24(30)34-36(25(22)32-20)21-9-4-5-14-38-21;28-19-5-1-4-17-18(19)14-27(25(17)29)8-12-34(13-9-27)23-16-31-24-21(33-23)15-32-26(24)35-11-3-6-20-22(35)7-2-10-30-20;1-2-6-9-8(4-1)5-3-7-10-9;/h6-7,9-10,12,16,22,29,31H,4-5,8,11,13-15,17-21H2,1-3H3,(H,41,46);6-8,16,21,23H,4-5,9-15H2,1-3H3,(H,33,37);1-2,4-5,7,10,16,25H,3,6,8-9,11-15,29H2;3,5,7H,1-2,4,6H2;/t29?,31-;21?,23-;25-;;/m111../s1. The fourth-order valence-corrected chi connectivity index (χ4v) is 22.9. The summed E-state index contributed by atoms with van der Waals surface area (Å²) in [6, 6.07) is 27.3. The number of hydrogen-bond donors (Lipinski definition) is 3. The second-order valence-electron chi connectivity index (χ2n) is 39.5. The molecular weight excluding hydrogens is 2030 g/mol. The Morgan fingerprint density at radius 3 is 1.46 bits per heavy atom. The third-order valence-corrected chi connectivity index (χ3v) is 29.7. The molecule has 28 nitrogen and oxygen atoms in total. The molecule has 0 saturated carbocycles. The van der Waals surface area contributed by atoms with E-state index < -0.39 is 23.4 Å². The van der Waals surface area contributed by atoms with Gasteiger partial charge in [0.1, 0.15) is 57.3 Å². The SMILES string of the molecule is CC(C)(C)OC(=O)N[C@@H]1c2cccc(F)c2CC12CCN(c1cnc3c(I)nn(C4CCCCO4)c3n1)CC2.CC(C)(C)OC(=O)N[C@@H]1c2cccc(F)c2CC12CCN(c1cnc3c(N4CCCc5ncccc54)nn(C4CCCCO4)c3n1)CC2.N[C@@H]1c2cccc(F)c2CC12CCN(c1cnc3c(n1)CN=C3N1CCCc3ncccc31)CC2.[U].c1cnc2c(c1)CCCC2. The zero-order chi connectivity index (χ0) is 90.8. The van der Waals surface area contributed by atoms with Crippen LogP contribution >= 0.6 is 22.6 Å². The first kappa shape index (κ1) is 92.0. The Balaban J connectivity index is 0.000000123. The van der Waals surface area contributed by atoms with E-state index in [1.807, 2.05) is 124 Å². The van der Waals surface area contributed by atoms with Gasteiger partial charge in [0.25, 0.3) is 0 Å². The Labute approximate surface area is 810 Å². The molecule has 0 radical (unpaired) electrons. The minimum absolute atomic E-state index is 0. The van der Waals surface area contributed by atoms with Crippen LogP contribution in [-0.2, 0) is 70.4 Å². The number of ether oxygens (including phenoxy) is 4. The molecule has 5 atom stereocenters. The van der Waals surface area contributed by atoms with Gasteiger partial charge in [-0.15, -0.1) is 5.10 Å². The number of amidine groups is 1. The Bertz CT molecular complexity index is 6150. The van der Waals surface area contributed by atoms with Crippen LogP contribution < -0.4 is 40.9 Å². The summed E-state index contributed by atoms with van der Waals surface area (Å²) in [5, 5.41) is 16.1. The van der Waals surface area contributed by atoms with E-state index in [1.165, 1.54) is 49.1 Å². The van der Waals surface area contributed by atoms with E-state index in [1.54, 1.807) is 24.3 Å². The number of aryl methyl sites for hydroxylation is 4. The molecule has 33 heteroatoms. The van der Waals surface area contributed by atoms with Crippen molar-refractivity contribution in [1.29, 1.82) is 0 Å². The number of nitrogens with zero attached hydrogens (tertiary/aromatic N) is 19. The van der Waals surface area contributed by atoms with Crippen LogP contribution in [0.15, 0.2) is 133 Å². The monoisotopic (exact) mass is 2140 g/mol. The van der Waals surface area contributed by atoms with Crippen molar-refractivity contribution < 1.29 is 72.8 Å². The fourth-order valence-electron chi connectivity index (χ4n) is 22.3. The number of anilines is 6. The largest absolute Gasteiger partial charge is 0.444 e. The summed E-state index contributed by atoms with van der Waals surface area (Å²) in [6.45, 7) is 19.3. The van der Waals surface area contributed by atoms with Crippen molar-refractivity contribution in [2.24, 2.45) is 27.0 Å². The number of piperidine rings is 3. The normalized spacial score (nSPS) is 21.7. The van der Waals surface area contributed by atoms with Gasteiger partial charge in [-0.2, -0.15) is 5.10 Å². The topological polar surface area (TPSA) is 301 Å². The van der Waals surface area contributed by atoms with Crippen LogP contribution in [0.2, 0.25) is 0 Å². The van der Waals surface area contributed by atoms with E-state index in [0.29, 0.717) is 68.9 Å². The van der Waals surface area contributed by atoms with Crippen LogP contribution in [0, 0.1) is 68.5 Å². The van der Waals surface area contributed by atoms with Gasteiger partial charge in [0.2, 0.25) is 0 Å². The number of pyridine rings is 3. The van der Waals surface area contributed by atoms with E-state index in [9.17, 15) is 18.4 Å². The summed E-state index contributed by atoms with van der Waals surface area (Å²) in [4.78, 5) is 85.2. The summed E-state index contributed by atoms with van der Waals surface area (Å²) >= 11 is 2.21. The number of fused-ring (bicyclic) bond motifs is 9. The van der Waals surface area contributed by atoms with Gasteiger partial charge in [-0.1, -0.05) is 42.5 Å². The maximum atomic E-state index is 15.1. The van der Waals surface area contributed by atoms with Gasteiger partial charge in [-0.05, 0) is 305 Å². The molecule has 3 spiro atoms. The molecule has 0 bridgehead atoms. The van der Waals surface area contributed by atoms with Gasteiger partial charge in [-0.3, -0.25) is 19.9 Å². The molecule has 5 saturated heterocycles. The predicted molar refractivity (Wildman–Crippen MR) is 507 cm³/mol. The Kier molecular flexibility index (Phi) is 26.5. The number of rotatable bonds is 8. The minimum atomic E-state index is -0.634. The molecule has 4 N–H and O–H groups in total. The van der Waals surface area contributed by atoms with Crippen molar-refractivity contribution in [1.82, 2.24) is 75.1 Å². The third-order valence-electron chi connectivity index (χ3n) is 29.0. The number of benzene rings is 3. The molecule has 694 valence electrons. The summed E-state index contributed by atoms with van der Waals surface area (Å²) in [6.07, 6.45) is 31.7. The summed E-state index contributed by atoms with van der Waals surface area (Å²) in [5.41, 5.74) is 21.5. The number of carbonyl (C=O) groups excluding carboxylic acids is 2. The summed E-state index contributed by atoms with van der Waals surface area (Å²) < 4.78 is 72.5. The number of halogens is 4. The van der Waals surface area contributed by atoms with Crippen molar-refractivity contribution in [3.05, 3.63) is 217 Å². The van der Waals surface area contributed by atoms with Crippen LogP contribution in [0.1, 0.15) is 242 Å². The van der Waals surface area contributed by atoms with Gasteiger partial charge in [0, 0.05) is 138 Å². The van der Waals surface area contributed by atoms with Gasteiger partial charge in [0.15, 0.2) is 44.6 Å². The molecule has 4 aliphatic carbocycles. The molecule has 2 unspecified atom stereocenters. The number of hydrogen-bond acceptors (Lipinski definition) is 24. The number of alkyl carbamates (subject to hydrolysis) is 2. The molecule has 133 heavy (non-hydrogen) atoms. The second-order valence-corrected chi connectivity index (χ2v) is 40.5. The number of amides is 2. The number of nitrogens with two attached hydrogens (primary N) is 1. The molecule has 11 aromatic rings.